The number of amides is 1. The summed E-state index contributed by atoms with van der Waals surface area (Å²) < 4.78 is 0.941. The summed E-state index contributed by atoms with van der Waals surface area (Å²) in [5, 5.41) is 2.73. The first-order chi connectivity index (χ1) is 8.97. The fourth-order valence-electron chi connectivity index (χ4n) is 1.71. The Morgan fingerprint density at radius 2 is 1.95 bits per heavy atom. The number of benzene rings is 1. The van der Waals surface area contributed by atoms with Crippen molar-refractivity contribution in [1.82, 2.24) is 4.98 Å². The number of carbonyl (C=O) groups excluding carboxylic acids is 1. The lowest BCUT2D eigenvalue weighted by Gasteiger charge is -2.08. The number of hydrogen-bond donors (Lipinski definition) is 2. The first kappa shape index (κ1) is 13.5. The number of carbonyl (C=O) groups is 1. The Labute approximate surface area is 119 Å². The Hall–Kier alpha value is -1.88. The van der Waals surface area contributed by atoms with Crippen LogP contribution in [0.25, 0.3) is 0 Å². The van der Waals surface area contributed by atoms with Crippen molar-refractivity contribution in [3.63, 3.8) is 0 Å². The minimum absolute atomic E-state index is 0.105. The van der Waals surface area contributed by atoms with E-state index in [0.29, 0.717) is 5.69 Å². The molecule has 0 saturated heterocycles. The molecule has 98 valence electrons. The third-order valence-electron chi connectivity index (χ3n) is 2.74. The van der Waals surface area contributed by atoms with Crippen molar-refractivity contribution in [2.24, 2.45) is 0 Å². The molecule has 19 heavy (non-hydrogen) atoms. The fraction of sp³-hybridized carbons (Fsp3) is 0.143. The molecule has 1 aromatic heterocycles. The second-order valence-corrected chi connectivity index (χ2v) is 5.21. The summed E-state index contributed by atoms with van der Waals surface area (Å²) in [6.45, 7) is 3.65. The third kappa shape index (κ3) is 3.12. The van der Waals surface area contributed by atoms with Crippen molar-refractivity contribution >= 4 is 27.5 Å². The normalized spacial score (nSPS) is 10.3. The molecule has 1 amide bonds. The zero-order valence-corrected chi connectivity index (χ0v) is 12.2. The van der Waals surface area contributed by atoms with Crippen LogP contribution >= 0.6 is 15.9 Å². The van der Waals surface area contributed by atoms with Crippen LogP contribution in [-0.4, -0.2) is 10.9 Å². The second-order valence-electron chi connectivity index (χ2n) is 4.30. The van der Waals surface area contributed by atoms with Gasteiger partial charge in [0, 0.05) is 15.9 Å². The molecule has 0 spiro atoms. The van der Waals surface area contributed by atoms with Gasteiger partial charge in [-0.05, 0) is 49.7 Å². The fourth-order valence-corrected chi connectivity index (χ4v) is 2.18. The van der Waals surface area contributed by atoms with Gasteiger partial charge in [0.15, 0.2) is 0 Å². The van der Waals surface area contributed by atoms with E-state index < -0.39 is 5.91 Å². The van der Waals surface area contributed by atoms with Crippen molar-refractivity contribution in [3.8, 4) is 0 Å². The molecule has 1 aromatic carbocycles. The van der Waals surface area contributed by atoms with Gasteiger partial charge in [-0.3, -0.25) is 9.59 Å². The molecule has 0 aliphatic heterocycles. The number of anilines is 1. The Kier molecular flexibility index (Phi) is 3.85. The molecule has 0 radical (unpaired) electrons. The van der Waals surface area contributed by atoms with Gasteiger partial charge in [0.25, 0.3) is 11.5 Å². The standard InChI is InChI=1S/C14H13BrN2O2/c1-8-7-10(15)4-6-12(8)17-14(19)11-5-3-9(2)16-13(11)18/h3-7H,1-2H3,(H,16,18)(H,17,19). The maximum atomic E-state index is 12.0. The summed E-state index contributed by atoms with van der Waals surface area (Å²) in [5.41, 5.74) is 2.06. The number of H-pyrrole nitrogens is 1. The lowest BCUT2D eigenvalue weighted by molar-refractivity contribution is 0.102. The average Bonchev–Trinajstić information content (AvgIpc) is 2.32. The van der Waals surface area contributed by atoms with Crippen LogP contribution in [0.2, 0.25) is 0 Å². The molecule has 4 nitrogen and oxygen atoms in total. The second kappa shape index (κ2) is 5.40. The molecule has 0 bridgehead atoms. The SMILES string of the molecule is Cc1ccc(C(=O)Nc2ccc(Br)cc2C)c(=O)[nH]1. The van der Waals surface area contributed by atoms with E-state index in [-0.39, 0.29) is 11.1 Å². The zero-order valence-electron chi connectivity index (χ0n) is 10.6. The number of aryl methyl sites for hydroxylation is 2. The molecule has 0 unspecified atom stereocenters. The molecule has 2 N–H and O–H groups in total. The topological polar surface area (TPSA) is 62.0 Å². The summed E-state index contributed by atoms with van der Waals surface area (Å²) >= 11 is 3.36. The summed E-state index contributed by atoms with van der Waals surface area (Å²) in [7, 11) is 0. The summed E-state index contributed by atoms with van der Waals surface area (Å²) in [5.74, 6) is -0.410. The molecule has 0 atom stereocenters. The van der Waals surface area contributed by atoms with Gasteiger partial charge in [0.1, 0.15) is 5.56 Å². The number of hydrogen-bond acceptors (Lipinski definition) is 2. The molecular weight excluding hydrogens is 308 g/mol. The van der Waals surface area contributed by atoms with Gasteiger partial charge in [-0.15, -0.1) is 0 Å². The summed E-state index contributed by atoms with van der Waals surface area (Å²) in [6, 6.07) is 8.75. The molecule has 2 aromatic rings. The van der Waals surface area contributed by atoms with Crippen LogP contribution in [0, 0.1) is 13.8 Å². The molecule has 1 heterocycles. The van der Waals surface area contributed by atoms with E-state index in [9.17, 15) is 9.59 Å². The Bertz CT molecular complexity index is 692. The Morgan fingerprint density at radius 1 is 1.21 bits per heavy atom. The van der Waals surface area contributed by atoms with Crippen LogP contribution in [0.1, 0.15) is 21.6 Å². The van der Waals surface area contributed by atoms with Crippen LogP contribution in [0.4, 0.5) is 5.69 Å². The highest BCUT2D eigenvalue weighted by Gasteiger charge is 2.11. The van der Waals surface area contributed by atoms with E-state index in [4.69, 9.17) is 0 Å². The molecule has 2 rings (SSSR count). The predicted octanol–water partition coefficient (Wildman–Crippen LogP) is 3.01. The molecular formula is C14H13BrN2O2. The first-order valence-electron chi connectivity index (χ1n) is 5.75. The molecule has 0 fully saturated rings. The van der Waals surface area contributed by atoms with Gasteiger partial charge in [-0.1, -0.05) is 15.9 Å². The van der Waals surface area contributed by atoms with Crippen LogP contribution in [-0.2, 0) is 0 Å². The smallest absolute Gasteiger partial charge is 0.261 e. The first-order valence-corrected chi connectivity index (χ1v) is 6.54. The Morgan fingerprint density at radius 3 is 2.58 bits per heavy atom. The van der Waals surface area contributed by atoms with E-state index in [1.54, 1.807) is 19.1 Å². The molecule has 0 aliphatic carbocycles. The summed E-state index contributed by atoms with van der Waals surface area (Å²) in [6.07, 6.45) is 0. The average molecular weight is 321 g/mol. The van der Waals surface area contributed by atoms with E-state index in [0.717, 1.165) is 15.7 Å². The van der Waals surface area contributed by atoms with Crippen molar-refractivity contribution in [1.29, 1.82) is 0 Å². The number of nitrogens with one attached hydrogen (secondary N) is 2. The number of rotatable bonds is 2. The van der Waals surface area contributed by atoms with Crippen LogP contribution < -0.4 is 10.9 Å². The van der Waals surface area contributed by atoms with Crippen LogP contribution in [0.3, 0.4) is 0 Å². The van der Waals surface area contributed by atoms with E-state index in [1.807, 2.05) is 19.1 Å². The minimum Gasteiger partial charge on any atom is -0.326 e. The van der Waals surface area contributed by atoms with Gasteiger partial charge >= 0.3 is 0 Å². The Balaban J connectivity index is 2.28. The number of aromatic amines is 1. The molecule has 0 saturated carbocycles. The van der Waals surface area contributed by atoms with Crippen molar-refractivity contribution in [3.05, 3.63) is 62.0 Å². The number of pyridine rings is 1. The predicted molar refractivity (Wildman–Crippen MR) is 78.6 cm³/mol. The highest BCUT2D eigenvalue weighted by molar-refractivity contribution is 9.10. The van der Waals surface area contributed by atoms with Crippen molar-refractivity contribution in [2.75, 3.05) is 5.32 Å². The highest BCUT2D eigenvalue weighted by Crippen LogP contribution is 2.20. The number of aromatic nitrogens is 1. The van der Waals surface area contributed by atoms with Gasteiger partial charge < -0.3 is 10.3 Å². The van der Waals surface area contributed by atoms with Gasteiger partial charge in [0.05, 0.1) is 0 Å². The molecule has 5 heteroatoms. The maximum Gasteiger partial charge on any atom is 0.261 e. The van der Waals surface area contributed by atoms with Gasteiger partial charge in [-0.2, -0.15) is 0 Å². The van der Waals surface area contributed by atoms with Crippen LogP contribution in [0.5, 0.6) is 0 Å². The minimum atomic E-state index is -0.410. The zero-order chi connectivity index (χ0) is 14.0. The maximum absolute atomic E-state index is 12.0. The van der Waals surface area contributed by atoms with Crippen molar-refractivity contribution in [2.45, 2.75) is 13.8 Å². The quantitative estimate of drug-likeness (QED) is 0.893. The highest BCUT2D eigenvalue weighted by atomic mass is 79.9. The number of halogens is 1. The van der Waals surface area contributed by atoms with E-state index in [2.05, 4.69) is 26.2 Å². The van der Waals surface area contributed by atoms with Crippen molar-refractivity contribution < 1.29 is 4.79 Å². The van der Waals surface area contributed by atoms with Crippen LogP contribution in [0.15, 0.2) is 39.6 Å². The monoisotopic (exact) mass is 320 g/mol. The van der Waals surface area contributed by atoms with Gasteiger partial charge in [-0.25, -0.2) is 0 Å². The van der Waals surface area contributed by atoms with E-state index in [1.165, 1.54) is 6.07 Å². The molecule has 0 aliphatic rings. The van der Waals surface area contributed by atoms with E-state index >= 15 is 0 Å². The lowest BCUT2D eigenvalue weighted by atomic mass is 10.2. The third-order valence-corrected chi connectivity index (χ3v) is 3.23. The summed E-state index contributed by atoms with van der Waals surface area (Å²) in [4.78, 5) is 26.3. The lowest BCUT2D eigenvalue weighted by Crippen LogP contribution is -2.23. The van der Waals surface area contributed by atoms with Gasteiger partial charge in [0.2, 0.25) is 0 Å². The largest absolute Gasteiger partial charge is 0.326 e.